The van der Waals surface area contributed by atoms with Gasteiger partial charge >= 0.3 is 0 Å². The Morgan fingerprint density at radius 2 is 1.89 bits per heavy atom. The topological polar surface area (TPSA) is 21.3 Å². The quantitative estimate of drug-likeness (QED) is 0.845. The summed E-state index contributed by atoms with van der Waals surface area (Å²) in [6, 6.07) is 6.53. The highest BCUT2D eigenvalue weighted by Gasteiger charge is 2.13. The van der Waals surface area contributed by atoms with Crippen LogP contribution in [0.2, 0.25) is 5.02 Å². The molecule has 0 aromatic heterocycles. The van der Waals surface area contributed by atoms with Crippen LogP contribution >= 0.6 is 11.6 Å². The molecule has 0 radical (unpaired) electrons. The molecule has 0 fully saturated rings. The van der Waals surface area contributed by atoms with Crippen molar-refractivity contribution >= 4 is 11.6 Å². The summed E-state index contributed by atoms with van der Waals surface area (Å²) < 4.78 is 5.63. The van der Waals surface area contributed by atoms with Gasteiger partial charge in [-0.25, -0.2) is 0 Å². The molecule has 0 aliphatic carbocycles. The van der Waals surface area contributed by atoms with Gasteiger partial charge in [0.15, 0.2) is 0 Å². The van der Waals surface area contributed by atoms with Crippen LogP contribution in [0, 0.1) is 5.92 Å². The van der Waals surface area contributed by atoms with E-state index in [4.69, 9.17) is 16.3 Å². The average Bonchev–Trinajstić information content (AvgIpc) is 2.28. The van der Waals surface area contributed by atoms with Crippen molar-refractivity contribution in [3.8, 4) is 5.75 Å². The molecule has 102 valence electrons. The molecule has 0 amide bonds. The Balaban J connectivity index is 2.77. The summed E-state index contributed by atoms with van der Waals surface area (Å²) in [5, 5.41) is 4.04. The Morgan fingerprint density at radius 1 is 1.22 bits per heavy atom. The van der Waals surface area contributed by atoms with Crippen molar-refractivity contribution in [3.63, 3.8) is 0 Å². The highest BCUT2D eigenvalue weighted by Crippen LogP contribution is 2.27. The molecule has 0 bridgehead atoms. The molecule has 0 spiro atoms. The molecule has 1 atom stereocenters. The lowest BCUT2D eigenvalue weighted by Gasteiger charge is -2.20. The normalized spacial score (nSPS) is 13.1. The van der Waals surface area contributed by atoms with Gasteiger partial charge in [0.25, 0.3) is 0 Å². The van der Waals surface area contributed by atoms with E-state index >= 15 is 0 Å². The molecule has 0 aliphatic rings. The zero-order valence-corrected chi connectivity index (χ0v) is 12.7. The number of hydrogen-bond acceptors (Lipinski definition) is 2. The molecule has 1 rings (SSSR count). The predicted octanol–water partition coefficient (Wildman–Crippen LogP) is 3.91. The lowest BCUT2D eigenvalue weighted by atomic mass is 9.96. The third-order valence-electron chi connectivity index (χ3n) is 2.99. The predicted molar refractivity (Wildman–Crippen MR) is 78.6 cm³/mol. The van der Waals surface area contributed by atoms with E-state index in [9.17, 15) is 0 Å². The van der Waals surface area contributed by atoms with Gasteiger partial charge in [0.2, 0.25) is 0 Å². The van der Waals surface area contributed by atoms with Crippen molar-refractivity contribution in [1.82, 2.24) is 5.32 Å². The van der Waals surface area contributed by atoms with Crippen LogP contribution in [0.1, 0.15) is 33.3 Å². The zero-order valence-electron chi connectivity index (χ0n) is 12.0. The second kappa shape index (κ2) is 7.01. The van der Waals surface area contributed by atoms with E-state index in [0.29, 0.717) is 17.0 Å². The molecule has 3 heteroatoms. The van der Waals surface area contributed by atoms with Gasteiger partial charge in [-0.2, -0.15) is 0 Å². The maximum Gasteiger partial charge on any atom is 0.138 e. The molecule has 1 unspecified atom stereocenters. The molecule has 1 N–H and O–H groups in total. The molecular weight excluding hydrogens is 246 g/mol. The minimum absolute atomic E-state index is 0.147. The van der Waals surface area contributed by atoms with Crippen LogP contribution in [-0.4, -0.2) is 19.2 Å². The highest BCUT2D eigenvalue weighted by atomic mass is 35.5. The first-order chi connectivity index (χ1) is 8.43. The lowest BCUT2D eigenvalue weighted by molar-refractivity contribution is 0.242. The zero-order chi connectivity index (χ0) is 13.7. The Hall–Kier alpha value is -0.730. The first kappa shape index (κ1) is 15.3. The van der Waals surface area contributed by atoms with Crippen LogP contribution in [-0.2, 0) is 6.42 Å². The molecule has 0 saturated carbocycles. The van der Waals surface area contributed by atoms with Crippen molar-refractivity contribution in [1.29, 1.82) is 0 Å². The third-order valence-corrected chi connectivity index (χ3v) is 3.29. The summed E-state index contributed by atoms with van der Waals surface area (Å²) in [5.74, 6) is 1.36. The van der Waals surface area contributed by atoms with Gasteiger partial charge in [0.05, 0.1) is 11.1 Å². The molecule has 0 aliphatic heterocycles. The minimum Gasteiger partial charge on any atom is -0.489 e. The van der Waals surface area contributed by atoms with E-state index in [1.807, 2.05) is 33.0 Å². The SMILES string of the molecule is CNC(Cc1ccc(OC(C)C)c(Cl)c1)C(C)C. The Kier molecular flexibility index (Phi) is 5.97. The van der Waals surface area contributed by atoms with Crippen LogP contribution in [0.4, 0.5) is 0 Å². The first-order valence-corrected chi connectivity index (χ1v) is 6.94. The second-order valence-electron chi connectivity index (χ2n) is 5.27. The smallest absolute Gasteiger partial charge is 0.138 e. The lowest BCUT2D eigenvalue weighted by Crippen LogP contribution is -2.32. The van der Waals surface area contributed by atoms with Crippen molar-refractivity contribution in [3.05, 3.63) is 28.8 Å². The molecule has 0 heterocycles. The van der Waals surface area contributed by atoms with Crippen LogP contribution < -0.4 is 10.1 Å². The fourth-order valence-electron chi connectivity index (χ4n) is 1.95. The summed E-state index contributed by atoms with van der Waals surface area (Å²) in [6.45, 7) is 8.44. The van der Waals surface area contributed by atoms with Crippen LogP contribution in [0.25, 0.3) is 0 Å². The second-order valence-corrected chi connectivity index (χ2v) is 5.68. The fraction of sp³-hybridized carbons (Fsp3) is 0.600. The van der Waals surface area contributed by atoms with Gasteiger partial charge in [-0.3, -0.25) is 0 Å². The van der Waals surface area contributed by atoms with Gasteiger partial charge in [-0.1, -0.05) is 31.5 Å². The summed E-state index contributed by atoms with van der Waals surface area (Å²) in [7, 11) is 2.00. The Labute approximate surface area is 116 Å². The maximum atomic E-state index is 6.23. The van der Waals surface area contributed by atoms with Crippen molar-refractivity contribution in [2.45, 2.75) is 46.3 Å². The average molecular weight is 270 g/mol. The molecule has 2 nitrogen and oxygen atoms in total. The molecule has 0 saturated heterocycles. The van der Waals surface area contributed by atoms with Crippen molar-refractivity contribution in [2.75, 3.05) is 7.05 Å². The number of ether oxygens (including phenoxy) is 1. The number of halogens is 1. The molecule has 18 heavy (non-hydrogen) atoms. The summed E-state index contributed by atoms with van der Waals surface area (Å²) in [4.78, 5) is 0. The monoisotopic (exact) mass is 269 g/mol. The number of nitrogens with one attached hydrogen (secondary N) is 1. The summed E-state index contributed by atoms with van der Waals surface area (Å²) in [6.07, 6.45) is 1.13. The highest BCUT2D eigenvalue weighted by molar-refractivity contribution is 6.32. The Morgan fingerprint density at radius 3 is 2.33 bits per heavy atom. The Bertz CT molecular complexity index is 377. The standard InChI is InChI=1S/C15H24ClNO/c1-10(2)14(17-5)9-12-6-7-15(13(16)8-12)18-11(3)4/h6-8,10-11,14,17H,9H2,1-5H3. The van der Waals surface area contributed by atoms with E-state index in [1.54, 1.807) is 0 Å². The van der Waals surface area contributed by atoms with Gasteiger partial charge in [-0.05, 0) is 50.9 Å². The van der Waals surface area contributed by atoms with Gasteiger partial charge in [-0.15, -0.1) is 0 Å². The molecule has 1 aromatic carbocycles. The van der Waals surface area contributed by atoms with Crippen LogP contribution in [0.5, 0.6) is 5.75 Å². The van der Waals surface area contributed by atoms with Crippen molar-refractivity contribution < 1.29 is 4.74 Å². The maximum absolute atomic E-state index is 6.23. The number of likely N-dealkylation sites (N-methyl/N-ethyl adjacent to an activating group) is 1. The summed E-state index contributed by atoms with van der Waals surface area (Å²) >= 11 is 6.23. The van der Waals surface area contributed by atoms with Crippen LogP contribution in [0.3, 0.4) is 0 Å². The van der Waals surface area contributed by atoms with E-state index in [1.165, 1.54) is 5.56 Å². The number of rotatable bonds is 6. The van der Waals surface area contributed by atoms with E-state index in [2.05, 4.69) is 25.2 Å². The molecule has 1 aromatic rings. The van der Waals surface area contributed by atoms with Crippen LogP contribution in [0.15, 0.2) is 18.2 Å². The minimum atomic E-state index is 0.147. The van der Waals surface area contributed by atoms with Gasteiger partial charge < -0.3 is 10.1 Å². The van der Waals surface area contributed by atoms with Crippen molar-refractivity contribution in [2.24, 2.45) is 5.92 Å². The first-order valence-electron chi connectivity index (χ1n) is 6.56. The van der Waals surface area contributed by atoms with E-state index < -0.39 is 0 Å². The van der Waals surface area contributed by atoms with E-state index in [-0.39, 0.29) is 6.10 Å². The summed E-state index contributed by atoms with van der Waals surface area (Å²) in [5.41, 5.74) is 1.24. The number of hydrogen-bond donors (Lipinski definition) is 1. The fourth-order valence-corrected chi connectivity index (χ4v) is 2.19. The van der Waals surface area contributed by atoms with E-state index in [0.717, 1.165) is 12.2 Å². The molecular formula is C15H24ClNO. The van der Waals surface area contributed by atoms with Gasteiger partial charge in [0.1, 0.15) is 5.75 Å². The third kappa shape index (κ3) is 4.51. The van der Waals surface area contributed by atoms with Gasteiger partial charge in [0, 0.05) is 6.04 Å². The largest absolute Gasteiger partial charge is 0.489 e. The number of benzene rings is 1.